The lowest BCUT2D eigenvalue weighted by Gasteiger charge is -2.61. The van der Waals surface area contributed by atoms with Crippen LogP contribution in [0.4, 0.5) is 10.9 Å². The second-order valence-electron chi connectivity index (χ2n) is 17.7. The molecule has 4 fully saturated rings. The van der Waals surface area contributed by atoms with Crippen LogP contribution in [0.15, 0.2) is 60.7 Å². The van der Waals surface area contributed by atoms with Gasteiger partial charge < -0.3 is 18.9 Å². The molecule has 1 amide bonds. The quantitative estimate of drug-likeness (QED) is 0.155. The number of thiazole rings is 1. The minimum absolute atomic E-state index is 0.0552. The molecule has 4 heterocycles. The van der Waals surface area contributed by atoms with Crippen molar-refractivity contribution in [1.29, 1.82) is 5.26 Å². The van der Waals surface area contributed by atoms with Gasteiger partial charge in [-0.2, -0.15) is 5.26 Å². The number of rotatable bonds is 8. The zero-order valence-corrected chi connectivity index (χ0v) is 33.6. The average molecular weight is 769 g/mol. The summed E-state index contributed by atoms with van der Waals surface area (Å²) in [6.07, 6.45) is 7.62. The van der Waals surface area contributed by atoms with Gasteiger partial charge in [0.2, 0.25) is 0 Å². The molecule has 288 valence electrons. The van der Waals surface area contributed by atoms with Crippen LogP contribution in [0.2, 0.25) is 0 Å². The summed E-state index contributed by atoms with van der Waals surface area (Å²) < 4.78 is 15.4. The van der Waals surface area contributed by atoms with Gasteiger partial charge >= 0.3 is 5.97 Å². The molecule has 11 heteroatoms. The van der Waals surface area contributed by atoms with Crippen molar-refractivity contribution in [3.05, 3.63) is 94.4 Å². The number of hydrogen-bond acceptors (Lipinski definition) is 9. The number of esters is 1. The van der Waals surface area contributed by atoms with Crippen molar-refractivity contribution in [2.24, 2.45) is 17.3 Å². The Balaban J connectivity index is 1.04. The molecule has 3 aromatic heterocycles. The Morgan fingerprint density at radius 2 is 1.80 bits per heavy atom. The van der Waals surface area contributed by atoms with Crippen LogP contribution in [0, 0.1) is 35.5 Å². The molecule has 4 aliphatic carbocycles. The molecule has 1 N–H and O–H groups in total. The summed E-state index contributed by atoms with van der Waals surface area (Å²) >= 11 is 1.45. The number of nitrogens with one attached hydrogen (secondary N) is 1. The maximum absolute atomic E-state index is 14.1. The average Bonchev–Trinajstić information content (AvgIpc) is 3.71. The number of aromatic nitrogens is 3. The summed E-state index contributed by atoms with van der Waals surface area (Å²) in [4.78, 5) is 39.6. The van der Waals surface area contributed by atoms with E-state index in [0.717, 1.165) is 71.2 Å². The van der Waals surface area contributed by atoms with Crippen molar-refractivity contribution in [2.45, 2.75) is 96.9 Å². The molecule has 10 nitrogen and oxygen atoms in total. The van der Waals surface area contributed by atoms with Crippen LogP contribution in [0.1, 0.15) is 103 Å². The van der Waals surface area contributed by atoms with Crippen molar-refractivity contribution in [1.82, 2.24) is 14.5 Å². The molecule has 5 aliphatic rings. The van der Waals surface area contributed by atoms with Crippen molar-refractivity contribution < 1.29 is 19.1 Å². The van der Waals surface area contributed by atoms with E-state index in [2.05, 4.69) is 38.8 Å². The first-order chi connectivity index (χ1) is 26.8. The molecule has 2 aromatic carbocycles. The van der Waals surface area contributed by atoms with Crippen molar-refractivity contribution in [3.63, 3.8) is 0 Å². The number of ether oxygens (including phenoxy) is 2. The fraction of sp³-hybridized carbons (Fsp3) is 0.444. The second kappa shape index (κ2) is 13.6. The van der Waals surface area contributed by atoms with Gasteiger partial charge in [0.15, 0.2) is 10.8 Å². The predicted octanol–water partition coefficient (Wildman–Crippen LogP) is 9.10. The Morgan fingerprint density at radius 3 is 2.54 bits per heavy atom. The first kappa shape index (κ1) is 36.6. The first-order valence-corrected chi connectivity index (χ1v) is 20.6. The summed E-state index contributed by atoms with van der Waals surface area (Å²) in [6, 6.07) is 22.0. The number of anilines is 2. The van der Waals surface area contributed by atoms with E-state index < -0.39 is 11.6 Å². The zero-order valence-electron chi connectivity index (χ0n) is 32.8. The third-order valence-electron chi connectivity index (χ3n) is 12.7. The van der Waals surface area contributed by atoms with Crippen molar-refractivity contribution >= 4 is 44.4 Å². The molecule has 2 unspecified atom stereocenters. The SMILES string of the molecule is COC12CC3CC(CC(Cn4c(C#N)cc(-c5ccc(N6CCc7cccc(C(=O)Nc8nc9ccccc9s8)c7C6)nc5C(=O)OC(C)(C)C)c4C)(C3)C1)C2. The van der Waals surface area contributed by atoms with E-state index in [1.54, 1.807) is 0 Å². The number of carbonyl (C=O) groups is 2. The number of nitriles is 1. The van der Waals surface area contributed by atoms with Gasteiger partial charge in [0.25, 0.3) is 5.91 Å². The molecule has 56 heavy (non-hydrogen) atoms. The Kier molecular flexibility index (Phi) is 8.86. The van der Waals surface area contributed by atoms with Gasteiger partial charge in [0, 0.05) is 49.1 Å². The normalized spacial score (nSPS) is 23.9. The molecule has 5 aromatic rings. The third-order valence-corrected chi connectivity index (χ3v) is 13.6. The Morgan fingerprint density at radius 1 is 1.02 bits per heavy atom. The number of carbonyl (C=O) groups excluding carboxylic acids is 2. The molecule has 0 saturated heterocycles. The molecule has 4 bridgehead atoms. The number of hydrogen-bond donors (Lipinski definition) is 1. The minimum Gasteiger partial charge on any atom is -0.455 e. The topological polar surface area (TPSA) is 122 Å². The number of benzene rings is 2. The zero-order chi connectivity index (χ0) is 39.0. The Bertz CT molecular complexity index is 2390. The summed E-state index contributed by atoms with van der Waals surface area (Å²) in [5, 5.41) is 14.1. The third kappa shape index (κ3) is 6.56. The predicted molar refractivity (Wildman–Crippen MR) is 218 cm³/mol. The van der Waals surface area contributed by atoms with E-state index in [1.165, 1.54) is 17.8 Å². The molecule has 1 aliphatic heterocycles. The highest BCUT2D eigenvalue weighted by molar-refractivity contribution is 7.22. The monoisotopic (exact) mass is 768 g/mol. The minimum atomic E-state index is -0.740. The van der Waals surface area contributed by atoms with E-state index >= 15 is 0 Å². The van der Waals surface area contributed by atoms with Gasteiger partial charge in [-0.15, -0.1) is 0 Å². The number of nitrogens with zero attached hydrogens (tertiary/aromatic N) is 5. The van der Waals surface area contributed by atoms with Crippen LogP contribution in [0.25, 0.3) is 21.3 Å². The van der Waals surface area contributed by atoms with Gasteiger partial charge in [-0.3, -0.25) is 10.1 Å². The van der Waals surface area contributed by atoms with E-state index in [1.807, 2.05) is 82.5 Å². The first-order valence-electron chi connectivity index (χ1n) is 19.8. The standard InChI is InChI=1S/C45H48N6O4S/c1-27-34(18-31(23-46)51(27)26-44-19-28-17-29(20-44)22-45(21-28,25-44)54-5)32-13-14-38(48-39(32)41(53)55-43(2,3)4)50-16-15-30-9-8-10-33(35(30)24-50)40(52)49-42-47-36-11-6-7-12-37(36)56-42/h6-14,18,28-29H,15-17,19-22,24-26H2,1-5H3,(H,47,49,52). The largest absolute Gasteiger partial charge is 0.455 e. The van der Waals surface area contributed by atoms with Crippen LogP contribution < -0.4 is 10.2 Å². The number of para-hydroxylation sites is 1. The lowest BCUT2D eigenvalue weighted by molar-refractivity contribution is -0.183. The van der Waals surface area contributed by atoms with E-state index in [-0.39, 0.29) is 22.6 Å². The molecule has 10 rings (SSSR count). The maximum Gasteiger partial charge on any atom is 0.358 e. The highest BCUT2D eigenvalue weighted by Gasteiger charge is 2.58. The molecule has 0 spiro atoms. The summed E-state index contributed by atoms with van der Waals surface area (Å²) in [6.45, 7) is 9.48. The van der Waals surface area contributed by atoms with Gasteiger partial charge in [-0.25, -0.2) is 14.8 Å². The Labute approximate surface area is 331 Å². The van der Waals surface area contributed by atoms with Gasteiger partial charge in [-0.1, -0.05) is 35.6 Å². The molecular formula is C45H48N6O4S. The number of methoxy groups -OCH3 is 1. The number of fused-ring (bicyclic) bond motifs is 2. The fourth-order valence-electron chi connectivity index (χ4n) is 10.7. The van der Waals surface area contributed by atoms with Gasteiger partial charge in [0.1, 0.15) is 23.2 Å². The van der Waals surface area contributed by atoms with E-state index in [9.17, 15) is 14.9 Å². The number of amides is 1. The lowest BCUT2D eigenvalue weighted by atomic mass is 9.48. The molecule has 4 saturated carbocycles. The Hall–Kier alpha value is -5.05. The highest BCUT2D eigenvalue weighted by Crippen LogP contribution is 2.63. The van der Waals surface area contributed by atoms with Crippen LogP contribution in [0.5, 0.6) is 0 Å². The van der Waals surface area contributed by atoms with Crippen molar-refractivity contribution in [2.75, 3.05) is 23.9 Å². The molecular weight excluding hydrogens is 721 g/mol. The van der Waals surface area contributed by atoms with Gasteiger partial charge in [0.05, 0.1) is 15.8 Å². The summed E-state index contributed by atoms with van der Waals surface area (Å²) in [5.41, 5.74) is 5.95. The van der Waals surface area contributed by atoms with Crippen molar-refractivity contribution in [3.8, 4) is 17.2 Å². The number of pyridine rings is 1. The highest BCUT2D eigenvalue weighted by atomic mass is 32.1. The molecule has 0 radical (unpaired) electrons. The summed E-state index contributed by atoms with van der Waals surface area (Å²) in [5.74, 6) is 1.23. The smallest absolute Gasteiger partial charge is 0.358 e. The fourth-order valence-corrected chi connectivity index (χ4v) is 11.6. The van der Waals surface area contributed by atoms with Crippen LogP contribution in [-0.2, 0) is 29.0 Å². The van der Waals surface area contributed by atoms with E-state index in [0.29, 0.717) is 59.1 Å². The van der Waals surface area contributed by atoms with Gasteiger partial charge in [-0.05, 0) is 137 Å². The molecule has 2 atom stereocenters. The second-order valence-corrected chi connectivity index (χ2v) is 18.7. The van der Waals surface area contributed by atoms with E-state index in [4.69, 9.17) is 14.5 Å². The van der Waals surface area contributed by atoms with Crippen LogP contribution in [-0.4, -0.2) is 51.3 Å². The summed E-state index contributed by atoms with van der Waals surface area (Å²) in [7, 11) is 1.87. The lowest BCUT2D eigenvalue weighted by Crippen LogP contribution is -2.57. The maximum atomic E-state index is 14.1. The van der Waals surface area contributed by atoms with Crippen LogP contribution >= 0.6 is 11.3 Å². The van der Waals surface area contributed by atoms with Crippen LogP contribution in [0.3, 0.4) is 0 Å².